The third kappa shape index (κ3) is 3.10. The monoisotopic (exact) mass is 383 g/mol. The minimum Gasteiger partial charge on any atom is -0.463 e. The van der Waals surface area contributed by atoms with E-state index in [1.165, 1.54) is 0 Å². The van der Waals surface area contributed by atoms with Gasteiger partial charge in [0.15, 0.2) is 0 Å². The lowest BCUT2D eigenvalue weighted by Gasteiger charge is -2.13. The Balaban J connectivity index is 1.66. The summed E-state index contributed by atoms with van der Waals surface area (Å²) in [7, 11) is 0. The highest BCUT2D eigenvalue weighted by Crippen LogP contribution is 2.31. The van der Waals surface area contributed by atoms with Gasteiger partial charge in [-0.1, -0.05) is 60.7 Å². The molecule has 1 saturated heterocycles. The van der Waals surface area contributed by atoms with Crippen LogP contribution in [0.1, 0.15) is 16.8 Å². The molecule has 1 aromatic heterocycles. The number of fused-ring (bicyclic) bond motifs is 2. The van der Waals surface area contributed by atoms with Crippen molar-refractivity contribution < 1.29 is 19.1 Å². The molecule has 0 amide bonds. The van der Waals surface area contributed by atoms with Crippen LogP contribution >= 0.6 is 0 Å². The van der Waals surface area contributed by atoms with Gasteiger partial charge in [-0.3, -0.25) is 0 Å². The molecule has 5 nitrogen and oxygen atoms in total. The highest BCUT2D eigenvalue weighted by molar-refractivity contribution is 6.06. The van der Waals surface area contributed by atoms with Crippen LogP contribution in [-0.2, 0) is 14.3 Å². The van der Waals surface area contributed by atoms with E-state index in [1.807, 2.05) is 66.7 Å². The summed E-state index contributed by atoms with van der Waals surface area (Å²) in [5.74, 6) is -1.04. The van der Waals surface area contributed by atoms with Crippen LogP contribution in [-0.4, -0.2) is 29.6 Å². The number of nitrogens with zero attached hydrogens (tertiary/aromatic N) is 1. The Morgan fingerprint density at radius 1 is 0.966 bits per heavy atom. The average Bonchev–Trinajstić information content (AvgIpc) is 3.16. The van der Waals surface area contributed by atoms with E-state index in [0.29, 0.717) is 28.6 Å². The predicted molar refractivity (Wildman–Crippen MR) is 109 cm³/mol. The molecular formula is C24H17NO4. The quantitative estimate of drug-likeness (QED) is 0.487. The summed E-state index contributed by atoms with van der Waals surface area (Å²) in [5, 5.41) is 2.84. The third-order valence-electron chi connectivity index (χ3n) is 5.14. The molecule has 4 aromatic rings. The first-order valence-corrected chi connectivity index (χ1v) is 9.46. The molecule has 0 bridgehead atoms. The van der Waals surface area contributed by atoms with Crippen molar-refractivity contribution in [3.8, 4) is 11.3 Å². The van der Waals surface area contributed by atoms with Gasteiger partial charge in [-0.25, -0.2) is 14.6 Å². The normalized spacial score (nSPS) is 16.1. The van der Waals surface area contributed by atoms with Crippen molar-refractivity contribution in [3.63, 3.8) is 0 Å². The highest BCUT2D eigenvalue weighted by Gasteiger charge is 2.31. The predicted octanol–water partition coefficient (Wildman–Crippen LogP) is 4.53. The number of hydrogen-bond donors (Lipinski definition) is 0. The molecule has 29 heavy (non-hydrogen) atoms. The van der Waals surface area contributed by atoms with E-state index >= 15 is 0 Å². The molecule has 3 aromatic carbocycles. The lowest BCUT2D eigenvalue weighted by atomic mass is 9.99. The number of carbonyl (C=O) groups excluding carboxylic acids is 2. The highest BCUT2D eigenvalue weighted by atomic mass is 16.6. The van der Waals surface area contributed by atoms with E-state index in [1.54, 1.807) is 6.07 Å². The standard InChI is InChI=1S/C24H17NO4/c26-23(29-22-12-13-28-24(22)27)19-14-21(25-20-11-4-3-9-18(19)20)17-10-5-7-15-6-1-2-8-16(15)17/h1-11,14,22H,12-13H2/t22-/m1/s1. The van der Waals surface area contributed by atoms with Gasteiger partial charge in [0.05, 0.1) is 23.4 Å². The van der Waals surface area contributed by atoms with Crippen molar-refractivity contribution in [2.24, 2.45) is 0 Å². The van der Waals surface area contributed by atoms with Crippen LogP contribution in [0.3, 0.4) is 0 Å². The molecule has 0 unspecified atom stereocenters. The van der Waals surface area contributed by atoms with Crippen LogP contribution in [0.5, 0.6) is 0 Å². The van der Waals surface area contributed by atoms with E-state index < -0.39 is 18.0 Å². The minimum atomic E-state index is -0.851. The van der Waals surface area contributed by atoms with Crippen molar-refractivity contribution >= 4 is 33.6 Å². The first kappa shape index (κ1) is 17.4. The Morgan fingerprint density at radius 3 is 2.55 bits per heavy atom. The first-order valence-electron chi connectivity index (χ1n) is 9.46. The SMILES string of the molecule is O=C(O[C@@H]1CCOC1=O)c1cc(-c2cccc3ccccc23)nc2ccccc12. The van der Waals surface area contributed by atoms with Crippen molar-refractivity contribution in [3.05, 3.63) is 78.4 Å². The first-order chi connectivity index (χ1) is 14.2. The van der Waals surface area contributed by atoms with Gasteiger partial charge in [-0.15, -0.1) is 0 Å². The van der Waals surface area contributed by atoms with Gasteiger partial charge in [0.25, 0.3) is 0 Å². The van der Waals surface area contributed by atoms with Crippen LogP contribution in [0.25, 0.3) is 32.9 Å². The number of benzene rings is 3. The molecule has 5 rings (SSSR count). The number of cyclic esters (lactones) is 1. The van der Waals surface area contributed by atoms with Crippen molar-refractivity contribution in [1.82, 2.24) is 4.98 Å². The Labute approximate surface area is 166 Å². The van der Waals surface area contributed by atoms with Crippen LogP contribution in [0.4, 0.5) is 0 Å². The van der Waals surface area contributed by atoms with E-state index in [9.17, 15) is 9.59 Å². The molecule has 0 saturated carbocycles. The summed E-state index contributed by atoms with van der Waals surface area (Å²) in [6, 6.07) is 23.2. The Morgan fingerprint density at radius 2 is 1.72 bits per heavy atom. The number of carbonyl (C=O) groups is 2. The molecule has 142 valence electrons. The van der Waals surface area contributed by atoms with Gasteiger partial charge >= 0.3 is 11.9 Å². The summed E-state index contributed by atoms with van der Waals surface area (Å²) >= 11 is 0. The Bertz CT molecular complexity index is 1260. The van der Waals surface area contributed by atoms with E-state index in [-0.39, 0.29) is 6.61 Å². The third-order valence-corrected chi connectivity index (χ3v) is 5.14. The fraction of sp³-hybridized carbons (Fsp3) is 0.125. The lowest BCUT2D eigenvalue weighted by Crippen LogP contribution is -2.23. The minimum absolute atomic E-state index is 0.273. The molecule has 0 spiro atoms. The molecule has 1 atom stereocenters. The molecule has 0 N–H and O–H groups in total. The molecule has 0 radical (unpaired) electrons. The van der Waals surface area contributed by atoms with E-state index in [4.69, 9.17) is 14.5 Å². The average molecular weight is 383 g/mol. The summed E-state index contributed by atoms with van der Waals surface area (Å²) < 4.78 is 10.4. The number of rotatable bonds is 3. The zero-order valence-electron chi connectivity index (χ0n) is 15.5. The second-order valence-corrected chi connectivity index (χ2v) is 6.95. The summed E-state index contributed by atoms with van der Waals surface area (Å²) in [5.41, 5.74) is 2.70. The maximum atomic E-state index is 12.9. The second kappa shape index (κ2) is 7.02. The summed E-state index contributed by atoms with van der Waals surface area (Å²) in [6.45, 7) is 0.273. The maximum absolute atomic E-state index is 12.9. The van der Waals surface area contributed by atoms with E-state index in [0.717, 1.165) is 16.3 Å². The number of para-hydroxylation sites is 1. The number of ether oxygens (including phenoxy) is 2. The van der Waals surface area contributed by atoms with Gasteiger partial charge in [0.2, 0.25) is 6.10 Å². The molecule has 1 aliphatic rings. The number of hydrogen-bond acceptors (Lipinski definition) is 5. The van der Waals surface area contributed by atoms with Gasteiger partial charge in [-0.2, -0.15) is 0 Å². The van der Waals surface area contributed by atoms with Gasteiger partial charge in [-0.05, 0) is 22.9 Å². The Kier molecular flexibility index (Phi) is 4.21. The van der Waals surface area contributed by atoms with Crippen LogP contribution in [0, 0.1) is 0 Å². The zero-order valence-corrected chi connectivity index (χ0v) is 15.5. The largest absolute Gasteiger partial charge is 0.463 e. The number of esters is 2. The van der Waals surface area contributed by atoms with Crippen molar-refractivity contribution in [1.29, 1.82) is 0 Å². The van der Waals surface area contributed by atoms with Crippen LogP contribution < -0.4 is 0 Å². The fourth-order valence-corrected chi connectivity index (χ4v) is 3.71. The second-order valence-electron chi connectivity index (χ2n) is 6.95. The summed E-state index contributed by atoms with van der Waals surface area (Å²) in [6.07, 6.45) is -0.473. The smallest absolute Gasteiger partial charge is 0.347 e. The van der Waals surface area contributed by atoms with Crippen molar-refractivity contribution in [2.45, 2.75) is 12.5 Å². The molecule has 1 aliphatic heterocycles. The zero-order chi connectivity index (χ0) is 19.8. The molecule has 5 heteroatoms. The van der Waals surface area contributed by atoms with Crippen molar-refractivity contribution in [2.75, 3.05) is 6.61 Å². The Hall–Kier alpha value is -3.73. The van der Waals surface area contributed by atoms with E-state index in [2.05, 4.69) is 0 Å². The molecular weight excluding hydrogens is 366 g/mol. The molecule has 2 heterocycles. The topological polar surface area (TPSA) is 65.5 Å². The maximum Gasteiger partial charge on any atom is 0.347 e. The lowest BCUT2D eigenvalue weighted by molar-refractivity contribution is -0.145. The number of aromatic nitrogens is 1. The van der Waals surface area contributed by atoms with Crippen LogP contribution in [0.2, 0.25) is 0 Å². The van der Waals surface area contributed by atoms with Crippen LogP contribution in [0.15, 0.2) is 72.8 Å². The van der Waals surface area contributed by atoms with Gasteiger partial charge in [0.1, 0.15) is 0 Å². The fourth-order valence-electron chi connectivity index (χ4n) is 3.71. The summed E-state index contributed by atoms with van der Waals surface area (Å²) in [4.78, 5) is 29.5. The van der Waals surface area contributed by atoms with Gasteiger partial charge < -0.3 is 9.47 Å². The molecule has 0 aliphatic carbocycles. The molecule has 1 fully saturated rings. The number of pyridine rings is 1. The van der Waals surface area contributed by atoms with Gasteiger partial charge in [0, 0.05) is 17.4 Å².